The normalized spacial score (nSPS) is 38.9. The minimum atomic E-state index is -1.33. The standard InChI is InChI=1S/C26H37N3O7/c1-18(17-30)29-21-23(32)28(11-10-27-12-15-34-16-13-27)9-6-8-26(21)19(22(29)31)20-24(33)35-14-5-3-4-7-25(20,2)36-26/h4,6-8,18-21,30H,3,5,9-17H2,1-2H3/b7-4-/t18-,19+,20+,21?,25-,26+/m1/s1. The van der Waals surface area contributed by atoms with Crippen molar-refractivity contribution in [1.29, 1.82) is 0 Å². The van der Waals surface area contributed by atoms with Gasteiger partial charge in [-0.1, -0.05) is 24.3 Å². The van der Waals surface area contributed by atoms with Gasteiger partial charge in [-0.25, -0.2) is 0 Å². The molecule has 10 nitrogen and oxygen atoms in total. The molecule has 5 aliphatic rings. The summed E-state index contributed by atoms with van der Waals surface area (Å²) >= 11 is 0. The van der Waals surface area contributed by atoms with Crippen LogP contribution in [0.1, 0.15) is 26.7 Å². The van der Waals surface area contributed by atoms with Gasteiger partial charge in [0.2, 0.25) is 11.8 Å². The molecule has 2 amide bonds. The molecule has 5 rings (SSSR count). The fourth-order valence-electron chi connectivity index (χ4n) is 6.47. The summed E-state index contributed by atoms with van der Waals surface area (Å²) in [4.78, 5) is 47.0. The van der Waals surface area contributed by atoms with Gasteiger partial charge in [-0.2, -0.15) is 0 Å². The Morgan fingerprint density at radius 2 is 1.83 bits per heavy atom. The molecule has 0 radical (unpaired) electrons. The zero-order valence-electron chi connectivity index (χ0n) is 21.1. The molecule has 3 saturated heterocycles. The van der Waals surface area contributed by atoms with Crippen LogP contribution in [0, 0.1) is 11.8 Å². The molecular weight excluding hydrogens is 466 g/mol. The third kappa shape index (κ3) is 4.08. The number of ether oxygens (including phenoxy) is 3. The van der Waals surface area contributed by atoms with Crippen LogP contribution in [-0.4, -0.2) is 120 Å². The summed E-state index contributed by atoms with van der Waals surface area (Å²) in [5.74, 6) is -2.87. The van der Waals surface area contributed by atoms with Crippen LogP contribution < -0.4 is 0 Å². The predicted octanol–water partition coefficient (Wildman–Crippen LogP) is -0.0381. The highest BCUT2D eigenvalue weighted by Gasteiger charge is 2.75. The maximum Gasteiger partial charge on any atom is 0.313 e. The lowest BCUT2D eigenvalue weighted by atomic mass is 9.74. The van der Waals surface area contributed by atoms with Crippen molar-refractivity contribution in [3.05, 3.63) is 24.3 Å². The van der Waals surface area contributed by atoms with Crippen LogP contribution in [0.4, 0.5) is 0 Å². The monoisotopic (exact) mass is 503 g/mol. The van der Waals surface area contributed by atoms with Gasteiger partial charge in [-0.05, 0) is 26.7 Å². The van der Waals surface area contributed by atoms with E-state index < -0.39 is 41.1 Å². The van der Waals surface area contributed by atoms with Gasteiger partial charge in [0.15, 0.2) is 0 Å². The van der Waals surface area contributed by atoms with Crippen molar-refractivity contribution < 1.29 is 33.7 Å². The van der Waals surface area contributed by atoms with Gasteiger partial charge in [0.05, 0.1) is 44.0 Å². The number of esters is 1. The van der Waals surface area contributed by atoms with E-state index in [1.165, 1.54) is 4.90 Å². The number of hydrogen-bond donors (Lipinski definition) is 1. The first-order chi connectivity index (χ1) is 17.3. The summed E-state index contributed by atoms with van der Waals surface area (Å²) in [6.07, 6.45) is 8.96. The van der Waals surface area contributed by atoms with Crippen molar-refractivity contribution in [2.24, 2.45) is 11.8 Å². The third-order valence-electron chi connectivity index (χ3n) is 8.30. The molecule has 0 bridgehead atoms. The zero-order chi connectivity index (χ0) is 25.5. The second kappa shape index (κ2) is 9.89. The zero-order valence-corrected chi connectivity index (χ0v) is 21.1. The number of carbonyl (C=O) groups excluding carboxylic acids is 3. The van der Waals surface area contributed by atoms with Crippen LogP contribution in [0.3, 0.4) is 0 Å². The number of aliphatic hydroxyl groups is 1. The van der Waals surface area contributed by atoms with E-state index in [9.17, 15) is 19.5 Å². The first kappa shape index (κ1) is 25.4. The fraction of sp³-hybridized carbons (Fsp3) is 0.731. The van der Waals surface area contributed by atoms with Gasteiger partial charge in [0, 0.05) is 32.7 Å². The first-order valence-corrected chi connectivity index (χ1v) is 13.1. The number of likely N-dealkylation sites (tertiary alicyclic amines) is 1. The number of nitrogens with zero attached hydrogens (tertiary/aromatic N) is 3. The van der Waals surface area contributed by atoms with Crippen LogP contribution in [0.15, 0.2) is 24.3 Å². The molecule has 0 aliphatic carbocycles. The Hall–Kier alpha value is -2.27. The molecule has 1 spiro atoms. The Kier molecular flexibility index (Phi) is 6.97. The lowest BCUT2D eigenvalue weighted by Gasteiger charge is -2.39. The van der Waals surface area contributed by atoms with Gasteiger partial charge < -0.3 is 29.1 Å². The molecule has 1 N–H and O–H groups in total. The Morgan fingerprint density at radius 1 is 1.06 bits per heavy atom. The number of rotatable bonds is 5. The van der Waals surface area contributed by atoms with Gasteiger partial charge >= 0.3 is 5.97 Å². The molecule has 3 fully saturated rings. The smallest absolute Gasteiger partial charge is 0.313 e. The molecule has 0 saturated carbocycles. The lowest BCUT2D eigenvalue weighted by molar-refractivity contribution is -0.161. The molecule has 36 heavy (non-hydrogen) atoms. The number of cyclic esters (lactones) is 1. The molecule has 5 aliphatic heterocycles. The topological polar surface area (TPSA) is 109 Å². The maximum atomic E-state index is 14.1. The van der Waals surface area contributed by atoms with Crippen LogP contribution >= 0.6 is 0 Å². The minimum absolute atomic E-state index is 0.225. The number of morpholine rings is 1. The number of hydrogen-bond acceptors (Lipinski definition) is 8. The Balaban J connectivity index is 1.52. The quantitative estimate of drug-likeness (QED) is 0.411. The summed E-state index contributed by atoms with van der Waals surface area (Å²) in [5, 5.41) is 10.0. The number of allylic oxidation sites excluding steroid dienone is 1. The van der Waals surface area contributed by atoms with Crippen LogP contribution in [0.25, 0.3) is 0 Å². The van der Waals surface area contributed by atoms with Gasteiger partial charge in [-0.3, -0.25) is 19.3 Å². The van der Waals surface area contributed by atoms with Crippen molar-refractivity contribution >= 4 is 17.8 Å². The Labute approximate surface area is 211 Å². The summed E-state index contributed by atoms with van der Waals surface area (Å²) < 4.78 is 17.7. The molecule has 198 valence electrons. The minimum Gasteiger partial charge on any atom is -0.465 e. The highest BCUT2D eigenvalue weighted by molar-refractivity contribution is 5.99. The van der Waals surface area contributed by atoms with E-state index in [1.54, 1.807) is 18.7 Å². The van der Waals surface area contributed by atoms with E-state index in [0.717, 1.165) is 19.5 Å². The number of carbonyl (C=O) groups is 3. The van der Waals surface area contributed by atoms with Crippen LogP contribution in [0.2, 0.25) is 0 Å². The second-order valence-electron chi connectivity index (χ2n) is 10.6. The highest BCUT2D eigenvalue weighted by atomic mass is 16.6. The summed E-state index contributed by atoms with van der Waals surface area (Å²) in [7, 11) is 0. The van der Waals surface area contributed by atoms with Crippen molar-refractivity contribution in [3.8, 4) is 0 Å². The molecule has 10 heteroatoms. The Bertz CT molecular complexity index is 948. The number of amides is 2. The van der Waals surface area contributed by atoms with E-state index in [1.807, 2.05) is 24.3 Å². The van der Waals surface area contributed by atoms with Crippen molar-refractivity contribution in [2.75, 3.05) is 59.2 Å². The van der Waals surface area contributed by atoms with Gasteiger partial charge in [0.25, 0.3) is 0 Å². The van der Waals surface area contributed by atoms with Crippen molar-refractivity contribution in [2.45, 2.75) is 50.0 Å². The van der Waals surface area contributed by atoms with E-state index in [4.69, 9.17) is 14.2 Å². The molecule has 6 atom stereocenters. The van der Waals surface area contributed by atoms with Gasteiger partial charge in [-0.15, -0.1) is 0 Å². The maximum absolute atomic E-state index is 14.1. The molecule has 0 aromatic carbocycles. The summed E-state index contributed by atoms with van der Waals surface area (Å²) in [5.41, 5.74) is -2.42. The fourth-order valence-corrected chi connectivity index (χ4v) is 6.47. The largest absolute Gasteiger partial charge is 0.465 e. The van der Waals surface area contributed by atoms with Crippen molar-refractivity contribution in [1.82, 2.24) is 14.7 Å². The molecule has 1 unspecified atom stereocenters. The average Bonchev–Trinajstić information content (AvgIpc) is 3.23. The highest BCUT2D eigenvalue weighted by Crippen LogP contribution is 2.57. The van der Waals surface area contributed by atoms with E-state index in [-0.39, 0.29) is 25.0 Å². The van der Waals surface area contributed by atoms with Crippen LogP contribution in [-0.2, 0) is 28.6 Å². The Morgan fingerprint density at radius 3 is 2.58 bits per heavy atom. The molecular formula is C26H37N3O7. The van der Waals surface area contributed by atoms with E-state index in [0.29, 0.717) is 39.3 Å². The SMILES string of the molecule is C[C@H](CO)N1C(=O)[C@@H]2[C@H]3C(=O)OCCC/C=C\[C@@]3(C)O[C@@]23C=CCN(CCN2CCOCC2)C(=O)C13. The number of aliphatic hydroxyl groups excluding tert-OH is 1. The second-order valence-corrected chi connectivity index (χ2v) is 10.6. The lowest BCUT2D eigenvalue weighted by Crippen LogP contribution is -2.58. The predicted molar refractivity (Wildman–Crippen MR) is 129 cm³/mol. The third-order valence-corrected chi connectivity index (χ3v) is 8.30. The average molecular weight is 504 g/mol. The summed E-state index contributed by atoms with van der Waals surface area (Å²) in [6, 6.07) is -1.59. The summed E-state index contributed by atoms with van der Waals surface area (Å²) in [6.45, 7) is 8.05. The van der Waals surface area contributed by atoms with Crippen molar-refractivity contribution in [3.63, 3.8) is 0 Å². The van der Waals surface area contributed by atoms with E-state index in [2.05, 4.69) is 4.90 Å². The van der Waals surface area contributed by atoms with Gasteiger partial charge in [0.1, 0.15) is 17.6 Å². The molecule has 0 aromatic rings. The van der Waals surface area contributed by atoms with E-state index >= 15 is 0 Å². The molecule has 0 aromatic heterocycles. The number of fused-ring (bicyclic) bond motifs is 2. The molecule has 5 heterocycles. The van der Waals surface area contributed by atoms with Crippen LogP contribution in [0.5, 0.6) is 0 Å². The first-order valence-electron chi connectivity index (χ1n) is 13.1.